The van der Waals surface area contributed by atoms with Gasteiger partial charge in [0.15, 0.2) is 0 Å². The minimum Gasteiger partial charge on any atom is -0.396 e. The van der Waals surface area contributed by atoms with E-state index >= 15 is 0 Å². The summed E-state index contributed by atoms with van der Waals surface area (Å²) in [6, 6.07) is 13.4. The molecule has 1 atom stereocenters. The summed E-state index contributed by atoms with van der Waals surface area (Å²) in [6.07, 6.45) is 0.799. The van der Waals surface area contributed by atoms with Crippen LogP contribution in [0.5, 0.6) is 0 Å². The summed E-state index contributed by atoms with van der Waals surface area (Å²) >= 11 is 0. The Hall–Kier alpha value is -1.42. The molecule has 0 bridgehead atoms. The third-order valence-electron chi connectivity index (χ3n) is 4.53. The smallest absolute Gasteiger partial charge is 0.0449 e. The first-order valence-corrected chi connectivity index (χ1v) is 7.85. The van der Waals surface area contributed by atoms with Crippen molar-refractivity contribution in [1.82, 2.24) is 10.2 Å². The van der Waals surface area contributed by atoms with Crippen LogP contribution in [0.4, 0.5) is 0 Å². The molecule has 3 rings (SSSR count). The van der Waals surface area contributed by atoms with E-state index in [4.69, 9.17) is 0 Å². The van der Waals surface area contributed by atoms with E-state index in [1.54, 1.807) is 0 Å². The molecule has 1 fully saturated rings. The number of aliphatic hydroxyl groups excluding tert-OH is 1. The Bertz CT molecular complexity index is 605. The van der Waals surface area contributed by atoms with Crippen LogP contribution in [0.3, 0.4) is 0 Å². The maximum Gasteiger partial charge on any atom is 0.0449 e. The Kier molecular flexibility index (Phi) is 4.54. The fraction of sp³-hybridized carbons (Fsp3) is 0.444. The Labute approximate surface area is 126 Å². The fourth-order valence-corrected chi connectivity index (χ4v) is 3.41. The molecule has 3 heteroatoms. The lowest BCUT2D eigenvalue weighted by atomic mass is 9.93. The van der Waals surface area contributed by atoms with E-state index in [2.05, 4.69) is 53.5 Å². The Balaban J connectivity index is 2.04. The molecule has 2 N–H and O–H groups in total. The van der Waals surface area contributed by atoms with Gasteiger partial charge in [0.1, 0.15) is 0 Å². The Morgan fingerprint density at radius 1 is 1.10 bits per heavy atom. The highest BCUT2D eigenvalue weighted by atomic mass is 16.3. The lowest BCUT2D eigenvalue weighted by Gasteiger charge is -2.35. The van der Waals surface area contributed by atoms with Gasteiger partial charge in [0.25, 0.3) is 0 Å². The van der Waals surface area contributed by atoms with Gasteiger partial charge in [-0.1, -0.05) is 36.4 Å². The molecular formula is C18H24N2O. The second-order valence-electron chi connectivity index (χ2n) is 5.83. The third kappa shape index (κ3) is 2.95. The summed E-state index contributed by atoms with van der Waals surface area (Å²) in [7, 11) is 0. The Morgan fingerprint density at radius 3 is 2.52 bits per heavy atom. The Morgan fingerprint density at radius 2 is 1.81 bits per heavy atom. The predicted octanol–water partition coefficient (Wildman–Crippen LogP) is 2.48. The van der Waals surface area contributed by atoms with Gasteiger partial charge in [-0.3, -0.25) is 4.90 Å². The van der Waals surface area contributed by atoms with E-state index in [0.29, 0.717) is 6.04 Å². The molecule has 0 unspecified atom stereocenters. The molecule has 1 heterocycles. The van der Waals surface area contributed by atoms with Gasteiger partial charge >= 0.3 is 0 Å². The number of benzene rings is 2. The standard InChI is InChI=1S/C18H24N2O/c1-14-6-7-17(16-5-3-2-4-15(14)16)18(8-13-21)20-11-9-19-10-12-20/h2-7,18-19,21H,8-13H2,1H3/t18-/m1/s1. The molecule has 0 aliphatic carbocycles. The zero-order valence-corrected chi connectivity index (χ0v) is 12.7. The van der Waals surface area contributed by atoms with Crippen LogP contribution in [0.2, 0.25) is 0 Å². The van der Waals surface area contributed by atoms with Crippen molar-refractivity contribution in [2.24, 2.45) is 0 Å². The second kappa shape index (κ2) is 6.56. The van der Waals surface area contributed by atoms with E-state index in [0.717, 1.165) is 32.6 Å². The van der Waals surface area contributed by atoms with Gasteiger partial charge in [-0.25, -0.2) is 0 Å². The molecule has 0 aromatic heterocycles. The average Bonchev–Trinajstić information content (AvgIpc) is 2.55. The number of aliphatic hydroxyl groups is 1. The summed E-state index contributed by atoms with van der Waals surface area (Å²) in [5, 5.41) is 15.6. The molecule has 0 amide bonds. The van der Waals surface area contributed by atoms with Gasteiger partial charge in [0.2, 0.25) is 0 Å². The SMILES string of the molecule is Cc1ccc([C@@H](CCO)N2CCNCC2)c2ccccc12. The molecule has 0 radical (unpaired) electrons. The number of nitrogens with zero attached hydrogens (tertiary/aromatic N) is 1. The number of hydrogen-bond donors (Lipinski definition) is 2. The third-order valence-corrected chi connectivity index (χ3v) is 4.53. The normalized spacial score (nSPS) is 18.0. The topological polar surface area (TPSA) is 35.5 Å². The number of piperazine rings is 1. The van der Waals surface area contributed by atoms with Crippen LogP contribution >= 0.6 is 0 Å². The highest BCUT2D eigenvalue weighted by molar-refractivity contribution is 5.88. The number of aryl methyl sites for hydroxylation is 1. The van der Waals surface area contributed by atoms with Gasteiger partial charge in [-0.05, 0) is 35.2 Å². The highest BCUT2D eigenvalue weighted by Gasteiger charge is 2.23. The molecule has 0 spiro atoms. The van der Waals surface area contributed by atoms with Crippen LogP contribution in [0.25, 0.3) is 10.8 Å². The van der Waals surface area contributed by atoms with Crippen LogP contribution < -0.4 is 5.32 Å². The minimum atomic E-state index is 0.233. The molecule has 1 aliphatic heterocycles. The molecule has 3 nitrogen and oxygen atoms in total. The lowest BCUT2D eigenvalue weighted by Crippen LogP contribution is -2.45. The van der Waals surface area contributed by atoms with Crippen LogP contribution in [0.15, 0.2) is 36.4 Å². The van der Waals surface area contributed by atoms with Crippen molar-refractivity contribution in [2.45, 2.75) is 19.4 Å². The van der Waals surface area contributed by atoms with E-state index in [-0.39, 0.29) is 6.61 Å². The predicted molar refractivity (Wildman–Crippen MR) is 87.6 cm³/mol. The van der Waals surface area contributed by atoms with Crippen LogP contribution in [0, 0.1) is 6.92 Å². The molecule has 1 saturated heterocycles. The number of hydrogen-bond acceptors (Lipinski definition) is 3. The average molecular weight is 284 g/mol. The zero-order chi connectivity index (χ0) is 14.7. The fourth-order valence-electron chi connectivity index (χ4n) is 3.41. The number of fused-ring (bicyclic) bond motifs is 1. The van der Waals surface area contributed by atoms with E-state index in [1.807, 2.05) is 0 Å². The van der Waals surface area contributed by atoms with Crippen molar-refractivity contribution in [3.8, 4) is 0 Å². The van der Waals surface area contributed by atoms with Gasteiger partial charge < -0.3 is 10.4 Å². The van der Waals surface area contributed by atoms with Gasteiger partial charge in [0, 0.05) is 38.8 Å². The largest absolute Gasteiger partial charge is 0.396 e. The molecule has 0 saturated carbocycles. The van der Waals surface area contributed by atoms with E-state index in [1.165, 1.54) is 21.9 Å². The summed E-state index contributed by atoms with van der Waals surface area (Å²) in [5.74, 6) is 0. The van der Waals surface area contributed by atoms with Crippen molar-refractivity contribution < 1.29 is 5.11 Å². The quantitative estimate of drug-likeness (QED) is 0.905. The summed E-state index contributed by atoms with van der Waals surface area (Å²) < 4.78 is 0. The molecule has 2 aromatic rings. The monoisotopic (exact) mass is 284 g/mol. The first-order valence-electron chi connectivity index (χ1n) is 7.85. The molecule has 21 heavy (non-hydrogen) atoms. The number of rotatable bonds is 4. The van der Waals surface area contributed by atoms with Crippen molar-refractivity contribution >= 4 is 10.8 Å². The zero-order valence-electron chi connectivity index (χ0n) is 12.7. The van der Waals surface area contributed by atoms with E-state index in [9.17, 15) is 5.11 Å². The first kappa shape index (κ1) is 14.5. The van der Waals surface area contributed by atoms with Crippen molar-refractivity contribution in [1.29, 1.82) is 0 Å². The molecule has 1 aliphatic rings. The first-order chi connectivity index (χ1) is 10.3. The van der Waals surface area contributed by atoms with Gasteiger partial charge in [0.05, 0.1) is 0 Å². The van der Waals surface area contributed by atoms with Crippen LogP contribution in [0.1, 0.15) is 23.6 Å². The summed E-state index contributed by atoms with van der Waals surface area (Å²) in [4.78, 5) is 2.50. The summed E-state index contributed by atoms with van der Waals surface area (Å²) in [5.41, 5.74) is 2.67. The van der Waals surface area contributed by atoms with Crippen molar-refractivity contribution in [3.63, 3.8) is 0 Å². The van der Waals surface area contributed by atoms with E-state index < -0.39 is 0 Å². The second-order valence-corrected chi connectivity index (χ2v) is 5.83. The molecule has 112 valence electrons. The van der Waals surface area contributed by atoms with Crippen LogP contribution in [-0.4, -0.2) is 42.8 Å². The number of nitrogens with one attached hydrogen (secondary N) is 1. The lowest BCUT2D eigenvalue weighted by molar-refractivity contribution is 0.142. The maximum absolute atomic E-state index is 9.51. The highest BCUT2D eigenvalue weighted by Crippen LogP contribution is 2.32. The van der Waals surface area contributed by atoms with Crippen molar-refractivity contribution in [3.05, 3.63) is 47.5 Å². The van der Waals surface area contributed by atoms with Gasteiger partial charge in [-0.15, -0.1) is 0 Å². The van der Waals surface area contributed by atoms with Gasteiger partial charge in [-0.2, -0.15) is 0 Å². The molecule has 2 aromatic carbocycles. The minimum absolute atomic E-state index is 0.233. The van der Waals surface area contributed by atoms with Crippen LogP contribution in [-0.2, 0) is 0 Å². The summed E-state index contributed by atoms with van der Waals surface area (Å²) in [6.45, 7) is 6.56. The molecular weight excluding hydrogens is 260 g/mol. The van der Waals surface area contributed by atoms with Crippen molar-refractivity contribution in [2.75, 3.05) is 32.8 Å². The maximum atomic E-state index is 9.51.